The van der Waals surface area contributed by atoms with Crippen molar-refractivity contribution in [1.82, 2.24) is 19.4 Å². The van der Waals surface area contributed by atoms with E-state index in [1.54, 1.807) is 0 Å². The highest BCUT2D eigenvalue weighted by Crippen LogP contribution is 2.37. The topological polar surface area (TPSA) is 43.2 Å². The van der Waals surface area contributed by atoms with Crippen molar-refractivity contribution in [1.29, 1.82) is 0 Å². The lowest BCUT2D eigenvalue weighted by atomic mass is 9.88. The molecule has 0 amide bonds. The fourth-order valence-corrected chi connectivity index (χ4v) is 4.34. The maximum Gasteiger partial charge on any atom is 0.0952 e. The molecule has 3 aliphatic rings. The Labute approximate surface area is 155 Å². The van der Waals surface area contributed by atoms with Crippen LogP contribution in [0.4, 0.5) is 0 Å². The Morgan fingerprint density at radius 1 is 1.19 bits per heavy atom. The van der Waals surface area contributed by atoms with E-state index >= 15 is 0 Å². The molecule has 2 fully saturated rings. The van der Waals surface area contributed by atoms with Gasteiger partial charge in [0.05, 0.1) is 25.2 Å². The summed E-state index contributed by atoms with van der Waals surface area (Å²) in [6.07, 6.45) is 12.6. The number of ether oxygens (including phenoxy) is 1. The van der Waals surface area contributed by atoms with E-state index in [0.29, 0.717) is 12.5 Å². The van der Waals surface area contributed by atoms with Crippen molar-refractivity contribution < 1.29 is 4.74 Å². The summed E-state index contributed by atoms with van der Waals surface area (Å²) in [7, 11) is 0. The fraction of sp³-hybridized carbons (Fsp3) is 0.619. The summed E-state index contributed by atoms with van der Waals surface area (Å²) in [5.41, 5.74) is 3.88. The Morgan fingerprint density at radius 2 is 2.12 bits per heavy atom. The van der Waals surface area contributed by atoms with Crippen molar-refractivity contribution in [2.45, 2.75) is 63.8 Å². The van der Waals surface area contributed by atoms with Gasteiger partial charge in [-0.2, -0.15) is 0 Å². The van der Waals surface area contributed by atoms with E-state index in [1.807, 2.05) is 18.5 Å². The van der Waals surface area contributed by atoms with E-state index in [-0.39, 0.29) is 0 Å². The molecule has 5 rings (SSSR count). The Kier molecular flexibility index (Phi) is 4.51. The molecule has 0 spiro atoms. The summed E-state index contributed by atoms with van der Waals surface area (Å²) >= 11 is 0. The first-order valence-electron chi connectivity index (χ1n) is 10.1. The van der Waals surface area contributed by atoms with Crippen LogP contribution in [0.3, 0.4) is 0 Å². The number of pyridine rings is 1. The molecular weight excluding hydrogens is 324 g/mol. The number of hydrogen-bond acceptors (Lipinski definition) is 4. The monoisotopic (exact) mass is 352 g/mol. The second-order valence-electron chi connectivity index (χ2n) is 8.26. The van der Waals surface area contributed by atoms with E-state index in [1.165, 1.54) is 43.5 Å². The Balaban J connectivity index is 1.31. The largest absolute Gasteiger partial charge is 0.376 e. The van der Waals surface area contributed by atoms with E-state index in [2.05, 4.69) is 26.8 Å². The molecule has 5 nitrogen and oxygen atoms in total. The number of hydrogen-bond donors (Lipinski definition) is 0. The van der Waals surface area contributed by atoms with Crippen LogP contribution in [0.5, 0.6) is 0 Å². The van der Waals surface area contributed by atoms with Gasteiger partial charge in [0.1, 0.15) is 0 Å². The van der Waals surface area contributed by atoms with Crippen molar-refractivity contribution in [3.05, 3.63) is 47.8 Å². The zero-order chi connectivity index (χ0) is 17.3. The first-order chi connectivity index (χ1) is 12.9. The van der Waals surface area contributed by atoms with Crippen molar-refractivity contribution in [3.63, 3.8) is 0 Å². The van der Waals surface area contributed by atoms with Gasteiger partial charge in [-0.25, -0.2) is 4.98 Å². The Hall–Kier alpha value is -1.72. The number of imidazole rings is 1. The maximum atomic E-state index is 6.13. The van der Waals surface area contributed by atoms with Crippen LogP contribution >= 0.6 is 0 Å². The predicted molar refractivity (Wildman–Crippen MR) is 99.6 cm³/mol. The zero-order valence-electron chi connectivity index (χ0n) is 15.4. The van der Waals surface area contributed by atoms with Crippen molar-refractivity contribution in [3.8, 4) is 0 Å². The minimum atomic E-state index is 0.428. The molecule has 3 heterocycles. The number of rotatable bonds is 7. The fourth-order valence-electron chi connectivity index (χ4n) is 4.34. The molecule has 1 aliphatic heterocycles. The molecule has 5 heteroatoms. The normalized spacial score (nSPS) is 23.6. The van der Waals surface area contributed by atoms with Crippen LogP contribution in [0.25, 0.3) is 0 Å². The lowest BCUT2D eigenvalue weighted by molar-refractivity contribution is 0.0545. The van der Waals surface area contributed by atoms with Crippen LogP contribution < -0.4 is 0 Å². The third-order valence-corrected chi connectivity index (χ3v) is 6.21. The molecule has 26 heavy (non-hydrogen) atoms. The van der Waals surface area contributed by atoms with Gasteiger partial charge in [0.25, 0.3) is 0 Å². The summed E-state index contributed by atoms with van der Waals surface area (Å²) in [6.45, 7) is 4.68. The van der Waals surface area contributed by atoms with Gasteiger partial charge in [0.2, 0.25) is 0 Å². The third-order valence-electron chi connectivity index (χ3n) is 6.21. The van der Waals surface area contributed by atoms with Gasteiger partial charge in [-0.1, -0.05) is 12.5 Å². The summed E-state index contributed by atoms with van der Waals surface area (Å²) in [5.74, 6) is 1.30. The Bertz CT molecular complexity index is 736. The minimum absolute atomic E-state index is 0.428. The smallest absolute Gasteiger partial charge is 0.0952 e. The van der Waals surface area contributed by atoms with Crippen LogP contribution in [0.15, 0.2) is 30.9 Å². The second kappa shape index (κ2) is 7.12. The van der Waals surface area contributed by atoms with Crippen molar-refractivity contribution >= 4 is 0 Å². The van der Waals surface area contributed by atoms with Crippen LogP contribution in [0.2, 0.25) is 0 Å². The molecule has 2 aromatic rings. The average molecular weight is 352 g/mol. The van der Waals surface area contributed by atoms with Gasteiger partial charge < -0.3 is 9.30 Å². The SMILES string of the molecule is c1cncc(COCC2CN(C3CCC3)Cc3ncn(CC4CC4)c32)c1. The highest BCUT2D eigenvalue weighted by Gasteiger charge is 2.36. The van der Waals surface area contributed by atoms with E-state index in [4.69, 9.17) is 9.72 Å². The number of fused-ring (bicyclic) bond motifs is 1. The molecular formula is C21H28N4O. The molecule has 0 radical (unpaired) electrons. The molecule has 2 aliphatic carbocycles. The molecule has 0 bridgehead atoms. The molecule has 0 N–H and O–H groups in total. The van der Waals surface area contributed by atoms with Gasteiger partial charge in [-0.05, 0) is 43.2 Å². The van der Waals surface area contributed by atoms with Gasteiger partial charge in [0, 0.05) is 49.7 Å². The quantitative estimate of drug-likeness (QED) is 0.766. The Morgan fingerprint density at radius 3 is 2.85 bits per heavy atom. The van der Waals surface area contributed by atoms with Gasteiger partial charge >= 0.3 is 0 Å². The van der Waals surface area contributed by atoms with E-state index in [9.17, 15) is 0 Å². The number of aromatic nitrogens is 3. The highest BCUT2D eigenvalue weighted by atomic mass is 16.5. The van der Waals surface area contributed by atoms with Crippen LogP contribution in [0, 0.1) is 5.92 Å². The highest BCUT2D eigenvalue weighted by molar-refractivity contribution is 5.23. The first-order valence-corrected chi connectivity index (χ1v) is 10.1. The van der Waals surface area contributed by atoms with Crippen molar-refractivity contribution in [2.75, 3.05) is 13.2 Å². The summed E-state index contributed by atoms with van der Waals surface area (Å²) in [4.78, 5) is 11.6. The van der Waals surface area contributed by atoms with Gasteiger partial charge in [-0.3, -0.25) is 9.88 Å². The first kappa shape index (κ1) is 16.5. The summed E-state index contributed by atoms with van der Waals surface area (Å²) in [6, 6.07) is 4.81. The lowest BCUT2D eigenvalue weighted by Crippen LogP contribution is -2.45. The van der Waals surface area contributed by atoms with E-state index < -0.39 is 0 Å². The molecule has 1 atom stereocenters. The van der Waals surface area contributed by atoms with Gasteiger partial charge in [0.15, 0.2) is 0 Å². The molecule has 2 aromatic heterocycles. The van der Waals surface area contributed by atoms with Crippen LogP contribution in [0.1, 0.15) is 55.0 Å². The second-order valence-corrected chi connectivity index (χ2v) is 8.26. The zero-order valence-corrected chi connectivity index (χ0v) is 15.4. The minimum Gasteiger partial charge on any atom is -0.376 e. The standard InChI is InChI=1S/C21H28N4O/c1-4-19(5-1)24-11-18(14-26-13-17-3-2-8-22-9-17)21-20(12-24)23-15-25(21)10-16-6-7-16/h2-3,8-9,15-16,18-19H,1,4-7,10-14H2. The van der Waals surface area contributed by atoms with Gasteiger partial charge in [-0.15, -0.1) is 0 Å². The molecule has 0 saturated heterocycles. The van der Waals surface area contributed by atoms with E-state index in [0.717, 1.165) is 43.8 Å². The lowest BCUT2D eigenvalue weighted by Gasteiger charge is -2.42. The van der Waals surface area contributed by atoms with Crippen molar-refractivity contribution in [2.24, 2.45) is 5.92 Å². The summed E-state index contributed by atoms with van der Waals surface area (Å²) in [5, 5.41) is 0. The maximum absolute atomic E-state index is 6.13. The molecule has 1 unspecified atom stereocenters. The third kappa shape index (κ3) is 3.42. The average Bonchev–Trinajstić information content (AvgIpc) is 3.33. The molecule has 138 valence electrons. The van der Waals surface area contributed by atoms with Crippen LogP contribution in [-0.2, 0) is 24.4 Å². The molecule has 0 aromatic carbocycles. The molecule has 2 saturated carbocycles. The summed E-state index contributed by atoms with van der Waals surface area (Å²) < 4.78 is 8.57. The number of nitrogens with zero attached hydrogens (tertiary/aromatic N) is 4. The van der Waals surface area contributed by atoms with Crippen LogP contribution in [-0.4, -0.2) is 38.6 Å². The predicted octanol–water partition coefficient (Wildman–Crippen LogP) is 3.36.